The fraction of sp³-hybridized carbons (Fsp3) is 0.409. The predicted molar refractivity (Wildman–Crippen MR) is 119 cm³/mol. The number of amides is 1. The van der Waals surface area contributed by atoms with Gasteiger partial charge >= 0.3 is 0 Å². The lowest BCUT2D eigenvalue weighted by Crippen LogP contribution is -2.29. The van der Waals surface area contributed by atoms with Gasteiger partial charge in [0.15, 0.2) is 17.3 Å². The zero-order valence-corrected chi connectivity index (χ0v) is 18.3. The van der Waals surface area contributed by atoms with Crippen LogP contribution in [0, 0.1) is 28.9 Å². The number of halogens is 2. The second kappa shape index (κ2) is 8.97. The van der Waals surface area contributed by atoms with Gasteiger partial charge in [-0.1, -0.05) is 0 Å². The Balaban J connectivity index is 1.78. The van der Waals surface area contributed by atoms with Crippen molar-refractivity contribution in [2.24, 2.45) is 11.7 Å². The summed E-state index contributed by atoms with van der Waals surface area (Å²) in [7, 11) is 0. The Morgan fingerprint density at radius 1 is 1.21 bits per heavy atom. The van der Waals surface area contributed by atoms with Crippen LogP contribution in [0.5, 0.6) is 0 Å². The average molecular weight is 454 g/mol. The number of rotatable bonds is 6. The van der Waals surface area contributed by atoms with Crippen molar-refractivity contribution in [1.82, 2.24) is 19.5 Å². The molecule has 4 N–H and O–H groups in total. The summed E-state index contributed by atoms with van der Waals surface area (Å²) in [6.45, 7) is 3.92. The van der Waals surface area contributed by atoms with Crippen LogP contribution in [0.1, 0.15) is 51.1 Å². The molecule has 1 aromatic carbocycles. The number of hydrogen-bond donors (Lipinski definition) is 3. The molecule has 1 amide bonds. The van der Waals surface area contributed by atoms with Gasteiger partial charge in [-0.2, -0.15) is 10.2 Å². The van der Waals surface area contributed by atoms with E-state index in [0.717, 1.165) is 12.1 Å². The lowest BCUT2D eigenvalue weighted by Gasteiger charge is -2.29. The molecule has 1 saturated carbocycles. The lowest BCUT2D eigenvalue weighted by molar-refractivity contribution is -0.122. The van der Waals surface area contributed by atoms with Gasteiger partial charge < -0.3 is 16.4 Å². The summed E-state index contributed by atoms with van der Waals surface area (Å²) < 4.78 is 31.0. The topological polar surface area (TPSA) is 135 Å². The number of imidazole rings is 1. The minimum atomic E-state index is -0.907. The van der Waals surface area contributed by atoms with E-state index in [1.807, 2.05) is 13.8 Å². The summed E-state index contributed by atoms with van der Waals surface area (Å²) in [5.41, 5.74) is 5.90. The summed E-state index contributed by atoms with van der Waals surface area (Å²) >= 11 is 0. The molecule has 2 aromatic heterocycles. The first-order valence-corrected chi connectivity index (χ1v) is 10.7. The average Bonchev–Trinajstić information content (AvgIpc) is 3.13. The Morgan fingerprint density at radius 3 is 2.45 bits per heavy atom. The summed E-state index contributed by atoms with van der Waals surface area (Å²) in [6, 6.07) is 3.64. The van der Waals surface area contributed by atoms with E-state index in [1.165, 1.54) is 0 Å². The first kappa shape index (κ1) is 22.4. The van der Waals surface area contributed by atoms with E-state index in [2.05, 4.69) is 25.6 Å². The van der Waals surface area contributed by atoms with Gasteiger partial charge in [0.2, 0.25) is 17.8 Å². The number of fused-ring (bicyclic) bond motifs is 1. The number of carbonyl (C=O) groups is 1. The molecule has 1 fully saturated rings. The third-order valence-corrected chi connectivity index (χ3v) is 5.72. The zero-order chi connectivity index (χ0) is 23.7. The SMILES string of the molecule is CC(C)Nc1ncc2nc(Nc3c(F)cc(C#N)cc3F)n([C@H]3CC[C@H](C(N)=O)CC3)c2n1. The highest BCUT2D eigenvalue weighted by atomic mass is 19.1. The van der Waals surface area contributed by atoms with Gasteiger partial charge in [-0.3, -0.25) is 9.36 Å². The maximum atomic E-state index is 14.6. The van der Waals surface area contributed by atoms with Crippen molar-refractivity contribution < 1.29 is 13.6 Å². The number of primary amides is 1. The monoisotopic (exact) mass is 454 g/mol. The van der Waals surface area contributed by atoms with Crippen molar-refractivity contribution in [3.63, 3.8) is 0 Å². The van der Waals surface area contributed by atoms with Crippen molar-refractivity contribution in [1.29, 1.82) is 5.26 Å². The number of aromatic nitrogens is 4. The molecule has 1 aliphatic carbocycles. The molecule has 4 rings (SSSR count). The fourth-order valence-corrected chi connectivity index (χ4v) is 4.14. The molecular formula is C22H24F2N8O. The molecule has 33 heavy (non-hydrogen) atoms. The van der Waals surface area contributed by atoms with Crippen LogP contribution in [-0.2, 0) is 4.79 Å². The number of benzene rings is 1. The number of carbonyl (C=O) groups excluding carboxylic acids is 1. The Hall–Kier alpha value is -3.81. The first-order valence-electron chi connectivity index (χ1n) is 10.7. The minimum Gasteiger partial charge on any atom is -0.369 e. The number of hydrogen-bond acceptors (Lipinski definition) is 7. The van der Waals surface area contributed by atoms with E-state index in [4.69, 9.17) is 11.0 Å². The molecular weight excluding hydrogens is 430 g/mol. The molecule has 0 aliphatic heterocycles. The molecule has 0 spiro atoms. The predicted octanol–water partition coefficient (Wildman–Crippen LogP) is 3.76. The van der Waals surface area contributed by atoms with Gasteiger partial charge in [0.1, 0.15) is 11.2 Å². The van der Waals surface area contributed by atoms with Crippen LogP contribution >= 0.6 is 0 Å². The van der Waals surface area contributed by atoms with Crippen LogP contribution in [0.25, 0.3) is 11.2 Å². The molecule has 3 aromatic rings. The van der Waals surface area contributed by atoms with Crippen LogP contribution in [0.2, 0.25) is 0 Å². The molecule has 172 valence electrons. The van der Waals surface area contributed by atoms with E-state index in [1.54, 1.807) is 16.8 Å². The van der Waals surface area contributed by atoms with Crippen LogP contribution in [0.15, 0.2) is 18.3 Å². The molecule has 9 nitrogen and oxygen atoms in total. The van der Waals surface area contributed by atoms with Crippen LogP contribution in [-0.4, -0.2) is 31.5 Å². The third-order valence-electron chi connectivity index (χ3n) is 5.72. The van der Waals surface area contributed by atoms with Gasteiger partial charge in [0, 0.05) is 18.0 Å². The minimum absolute atomic E-state index is 0.101. The van der Waals surface area contributed by atoms with E-state index in [0.29, 0.717) is 42.8 Å². The number of nitrogens with two attached hydrogens (primary N) is 1. The molecule has 0 radical (unpaired) electrons. The maximum absolute atomic E-state index is 14.6. The van der Waals surface area contributed by atoms with E-state index < -0.39 is 17.3 Å². The molecule has 2 heterocycles. The van der Waals surface area contributed by atoms with Crippen LogP contribution in [0.4, 0.5) is 26.4 Å². The highest BCUT2D eigenvalue weighted by Crippen LogP contribution is 2.37. The standard InChI is InChI=1S/C22H24F2N8O/c1-11(2)28-21-27-10-17-20(31-21)32(14-5-3-13(4-6-14)19(26)33)22(29-17)30-18-15(23)7-12(9-25)8-16(18)24/h7-8,10-11,13-14H,3-6H2,1-2H3,(H2,26,33)(H,29,30)(H,27,28,31)/t13-,14-. The summed E-state index contributed by atoms with van der Waals surface area (Å²) in [4.78, 5) is 25.0. The van der Waals surface area contributed by atoms with Crippen molar-refractivity contribution in [2.75, 3.05) is 10.6 Å². The molecule has 0 unspecified atom stereocenters. The van der Waals surface area contributed by atoms with Gasteiger partial charge in [0.05, 0.1) is 17.8 Å². The number of nitrogens with one attached hydrogen (secondary N) is 2. The van der Waals surface area contributed by atoms with E-state index in [9.17, 15) is 13.6 Å². The second-order valence-corrected chi connectivity index (χ2v) is 8.47. The van der Waals surface area contributed by atoms with E-state index in [-0.39, 0.29) is 35.4 Å². The summed E-state index contributed by atoms with van der Waals surface area (Å²) in [6.07, 6.45) is 4.00. The van der Waals surface area contributed by atoms with Crippen LogP contribution in [0.3, 0.4) is 0 Å². The highest BCUT2D eigenvalue weighted by molar-refractivity contribution is 5.78. The largest absolute Gasteiger partial charge is 0.369 e. The number of nitriles is 1. The number of anilines is 3. The van der Waals surface area contributed by atoms with Crippen molar-refractivity contribution >= 4 is 34.7 Å². The van der Waals surface area contributed by atoms with Crippen molar-refractivity contribution in [3.05, 3.63) is 35.5 Å². The quantitative estimate of drug-likeness (QED) is 0.516. The fourth-order valence-electron chi connectivity index (χ4n) is 4.14. The second-order valence-electron chi connectivity index (χ2n) is 8.47. The molecule has 11 heteroatoms. The van der Waals surface area contributed by atoms with Gasteiger partial charge in [-0.05, 0) is 51.7 Å². The summed E-state index contributed by atoms with van der Waals surface area (Å²) in [5.74, 6) is -1.73. The number of nitrogens with zero attached hydrogens (tertiary/aromatic N) is 5. The Labute approximate surface area is 189 Å². The third kappa shape index (κ3) is 4.55. The maximum Gasteiger partial charge on any atom is 0.224 e. The summed E-state index contributed by atoms with van der Waals surface area (Å²) in [5, 5.41) is 14.8. The molecule has 0 atom stereocenters. The zero-order valence-electron chi connectivity index (χ0n) is 18.3. The van der Waals surface area contributed by atoms with E-state index >= 15 is 0 Å². The molecule has 1 aliphatic rings. The van der Waals surface area contributed by atoms with Crippen molar-refractivity contribution in [2.45, 2.75) is 51.6 Å². The van der Waals surface area contributed by atoms with Gasteiger partial charge in [-0.15, -0.1) is 0 Å². The smallest absolute Gasteiger partial charge is 0.224 e. The highest BCUT2D eigenvalue weighted by Gasteiger charge is 2.29. The molecule has 0 saturated heterocycles. The lowest BCUT2D eigenvalue weighted by atomic mass is 9.85. The van der Waals surface area contributed by atoms with Crippen molar-refractivity contribution in [3.8, 4) is 6.07 Å². The molecule has 0 bridgehead atoms. The first-order chi connectivity index (χ1) is 15.8. The Kier molecular flexibility index (Phi) is 6.09. The normalized spacial score (nSPS) is 18.3. The Bertz CT molecular complexity index is 1220. The van der Waals surface area contributed by atoms with Gasteiger partial charge in [0.25, 0.3) is 0 Å². The Morgan fingerprint density at radius 2 is 1.88 bits per heavy atom. The van der Waals surface area contributed by atoms with Crippen LogP contribution < -0.4 is 16.4 Å². The van der Waals surface area contributed by atoms with Gasteiger partial charge in [-0.25, -0.2) is 18.7 Å².